The Balaban J connectivity index is 1.45. The molecule has 0 saturated carbocycles. The maximum absolute atomic E-state index is 12.0. The maximum Gasteiger partial charge on any atom is 0.226 e. The van der Waals surface area contributed by atoms with Crippen LogP contribution in [0.15, 0.2) is 78.9 Å². The van der Waals surface area contributed by atoms with Crippen LogP contribution in [0.1, 0.15) is 6.42 Å². The van der Waals surface area contributed by atoms with Gasteiger partial charge >= 0.3 is 0 Å². The van der Waals surface area contributed by atoms with E-state index in [9.17, 15) is 4.79 Å². The summed E-state index contributed by atoms with van der Waals surface area (Å²) in [4.78, 5) is 12.0. The summed E-state index contributed by atoms with van der Waals surface area (Å²) in [6.45, 7) is 0.529. The molecule has 26 heavy (non-hydrogen) atoms. The Morgan fingerprint density at radius 3 is 2.31 bits per heavy atom. The fourth-order valence-corrected chi connectivity index (χ4v) is 2.56. The molecule has 0 aliphatic rings. The van der Waals surface area contributed by atoms with Gasteiger partial charge in [-0.05, 0) is 54.6 Å². The maximum atomic E-state index is 12.0. The van der Waals surface area contributed by atoms with E-state index in [1.165, 1.54) is 0 Å². The zero-order valence-corrected chi connectivity index (χ0v) is 14.9. The predicted molar refractivity (Wildman–Crippen MR) is 106 cm³/mol. The van der Waals surface area contributed by atoms with Gasteiger partial charge in [0.25, 0.3) is 0 Å². The lowest BCUT2D eigenvalue weighted by molar-refractivity contribution is -0.115. The van der Waals surface area contributed by atoms with Crippen molar-refractivity contribution in [1.29, 1.82) is 0 Å². The highest BCUT2D eigenvalue weighted by atomic mass is 35.5. The minimum Gasteiger partial charge on any atom is -0.457 e. The Morgan fingerprint density at radius 1 is 0.846 bits per heavy atom. The zero-order chi connectivity index (χ0) is 18.2. The van der Waals surface area contributed by atoms with Gasteiger partial charge in [-0.2, -0.15) is 0 Å². The molecule has 0 atom stereocenters. The summed E-state index contributed by atoms with van der Waals surface area (Å²) >= 11 is 5.93. The van der Waals surface area contributed by atoms with Crippen LogP contribution in [-0.2, 0) is 4.79 Å². The van der Waals surface area contributed by atoms with Gasteiger partial charge < -0.3 is 15.4 Å². The van der Waals surface area contributed by atoms with Gasteiger partial charge in [0.2, 0.25) is 5.91 Å². The molecule has 2 N–H and O–H groups in total. The number of hydrogen-bond acceptors (Lipinski definition) is 3. The van der Waals surface area contributed by atoms with Crippen LogP contribution in [-0.4, -0.2) is 12.5 Å². The second-order valence-electron chi connectivity index (χ2n) is 5.67. The SMILES string of the molecule is O=C(CCNc1cccc(Cl)c1)Nc1ccc(Oc2ccccc2)cc1. The minimum absolute atomic E-state index is 0.0590. The van der Waals surface area contributed by atoms with Crippen LogP contribution in [0.5, 0.6) is 11.5 Å². The summed E-state index contributed by atoms with van der Waals surface area (Å²) in [5.74, 6) is 1.43. The molecule has 3 aromatic carbocycles. The number of amides is 1. The van der Waals surface area contributed by atoms with Crippen molar-refractivity contribution in [1.82, 2.24) is 0 Å². The van der Waals surface area contributed by atoms with Crippen molar-refractivity contribution in [3.8, 4) is 11.5 Å². The Labute approximate surface area is 157 Å². The molecule has 0 bridgehead atoms. The molecule has 1 amide bonds. The molecule has 0 aromatic heterocycles. The molecule has 3 rings (SSSR count). The molecule has 0 saturated heterocycles. The number of ether oxygens (including phenoxy) is 1. The van der Waals surface area contributed by atoms with E-state index in [4.69, 9.17) is 16.3 Å². The number of rotatable bonds is 7. The van der Waals surface area contributed by atoms with Crippen molar-refractivity contribution in [3.63, 3.8) is 0 Å². The molecule has 132 valence electrons. The van der Waals surface area contributed by atoms with Crippen molar-refractivity contribution in [2.24, 2.45) is 0 Å². The highest BCUT2D eigenvalue weighted by Crippen LogP contribution is 2.22. The highest BCUT2D eigenvalue weighted by Gasteiger charge is 2.03. The van der Waals surface area contributed by atoms with E-state index in [0.717, 1.165) is 22.9 Å². The molecule has 0 aliphatic carbocycles. The van der Waals surface area contributed by atoms with Gasteiger partial charge in [-0.15, -0.1) is 0 Å². The molecule has 0 unspecified atom stereocenters. The number of halogens is 1. The standard InChI is InChI=1S/C21H19ClN2O2/c22-16-5-4-6-18(15-16)23-14-13-21(25)24-17-9-11-20(12-10-17)26-19-7-2-1-3-8-19/h1-12,15,23H,13-14H2,(H,24,25). The van der Waals surface area contributed by atoms with Crippen molar-refractivity contribution in [2.45, 2.75) is 6.42 Å². The molecule has 0 fully saturated rings. The summed E-state index contributed by atoms with van der Waals surface area (Å²) in [5, 5.41) is 6.71. The lowest BCUT2D eigenvalue weighted by Crippen LogP contribution is -2.16. The second kappa shape index (κ2) is 8.92. The fraction of sp³-hybridized carbons (Fsp3) is 0.0952. The van der Waals surface area contributed by atoms with Crippen molar-refractivity contribution < 1.29 is 9.53 Å². The van der Waals surface area contributed by atoms with Crippen LogP contribution in [0, 0.1) is 0 Å². The first-order valence-electron chi connectivity index (χ1n) is 8.31. The Morgan fingerprint density at radius 2 is 1.58 bits per heavy atom. The molecular weight excluding hydrogens is 348 g/mol. The second-order valence-corrected chi connectivity index (χ2v) is 6.11. The van der Waals surface area contributed by atoms with Crippen molar-refractivity contribution in [2.75, 3.05) is 17.2 Å². The third kappa shape index (κ3) is 5.53. The Bertz CT molecular complexity index is 851. The predicted octanol–water partition coefficient (Wildman–Crippen LogP) is 5.57. The molecule has 0 radical (unpaired) electrons. The first-order chi connectivity index (χ1) is 12.7. The Kier molecular flexibility index (Phi) is 6.12. The van der Waals surface area contributed by atoms with Crippen molar-refractivity contribution >= 4 is 28.9 Å². The number of benzene rings is 3. The largest absolute Gasteiger partial charge is 0.457 e. The molecule has 0 spiro atoms. The molecule has 3 aromatic rings. The molecule has 0 aliphatic heterocycles. The monoisotopic (exact) mass is 366 g/mol. The van der Waals surface area contributed by atoms with Crippen LogP contribution in [0.2, 0.25) is 5.02 Å². The average molecular weight is 367 g/mol. The number of carbonyl (C=O) groups excluding carboxylic acids is 1. The van der Waals surface area contributed by atoms with E-state index >= 15 is 0 Å². The third-order valence-electron chi connectivity index (χ3n) is 3.62. The minimum atomic E-state index is -0.0590. The van der Waals surface area contributed by atoms with Gasteiger partial charge in [0.1, 0.15) is 11.5 Å². The van der Waals surface area contributed by atoms with Gasteiger partial charge in [0.05, 0.1) is 0 Å². The molecule has 4 nitrogen and oxygen atoms in total. The third-order valence-corrected chi connectivity index (χ3v) is 3.86. The summed E-state index contributed by atoms with van der Waals surface area (Å²) in [7, 11) is 0. The first-order valence-corrected chi connectivity index (χ1v) is 8.69. The van der Waals surface area contributed by atoms with Gasteiger partial charge in [-0.3, -0.25) is 4.79 Å². The number of hydrogen-bond donors (Lipinski definition) is 2. The van der Waals surface area contributed by atoms with Crippen LogP contribution in [0.25, 0.3) is 0 Å². The van der Waals surface area contributed by atoms with E-state index < -0.39 is 0 Å². The molecular formula is C21H19ClN2O2. The number of carbonyl (C=O) groups is 1. The van der Waals surface area contributed by atoms with Gasteiger partial charge in [-0.1, -0.05) is 35.9 Å². The fourth-order valence-electron chi connectivity index (χ4n) is 2.37. The molecule has 0 heterocycles. The molecule has 5 heteroatoms. The summed E-state index contributed by atoms with van der Waals surface area (Å²) in [5.41, 5.74) is 1.63. The van der Waals surface area contributed by atoms with Crippen LogP contribution >= 0.6 is 11.6 Å². The van der Waals surface area contributed by atoms with Crippen LogP contribution < -0.4 is 15.4 Å². The topological polar surface area (TPSA) is 50.4 Å². The average Bonchev–Trinajstić information content (AvgIpc) is 2.64. The van der Waals surface area contributed by atoms with E-state index in [-0.39, 0.29) is 5.91 Å². The van der Waals surface area contributed by atoms with Gasteiger partial charge in [0.15, 0.2) is 0 Å². The van der Waals surface area contributed by atoms with E-state index in [0.29, 0.717) is 18.0 Å². The normalized spacial score (nSPS) is 10.2. The van der Waals surface area contributed by atoms with Crippen molar-refractivity contribution in [3.05, 3.63) is 83.9 Å². The highest BCUT2D eigenvalue weighted by molar-refractivity contribution is 6.30. The smallest absolute Gasteiger partial charge is 0.226 e. The number of nitrogens with one attached hydrogen (secondary N) is 2. The van der Waals surface area contributed by atoms with Gasteiger partial charge in [-0.25, -0.2) is 0 Å². The first kappa shape index (κ1) is 17.8. The van der Waals surface area contributed by atoms with Crippen LogP contribution in [0.4, 0.5) is 11.4 Å². The summed E-state index contributed by atoms with van der Waals surface area (Å²) in [6.07, 6.45) is 0.356. The summed E-state index contributed by atoms with van der Waals surface area (Å²) in [6, 6.07) is 24.3. The number of anilines is 2. The van der Waals surface area contributed by atoms with E-state index in [1.54, 1.807) is 0 Å². The van der Waals surface area contributed by atoms with Crippen LogP contribution in [0.3, 0.4) is 0 Å². The Hall–Kier alpha value is -2.98. The van der Waals surface area contributed by atoms with E-state index in [2.05, 4.69) is 10.6 Å². The van der Waals surface area contributed by atoms with E-state index in [1.807, 2.05) is 78.9 Å². The lowest BCUT2D eigenvalue weighted by atomic mass is 10.2. The lowest BCUT2D eigenvalue weighted by Gasteiger charge is -2.09. The van der Waals surface area contributed by atoms with Gasteiger partial charge in [0, 0.05) is 29.4 Å². The summed E-state index contributed by atoms with van der Waals surface area (Å²) < 4.78 is 5.73. The number of para-hydroxylation sites is 1. The quantitative estimate of drug-likeness (QED) is 0.574. The zero-order valence-electron chi connectivity index (χ0n) is 14.1.